The van der Waals surface area contributed by atoms with E-state index >= 15 is 0 Å². The number of hydrogen-bond acceptors (Lipinski definition) is 7. The third-order valence-electron chi connectivity index (χ3n) is 4.85. The molecule has 0 radical (unpaired) electrons. The maximum absolute atomic E-state index is 12.8. The molecular weight excluding hydrogens is 364 g/mol. The second kappa shape index (κ2) is 10.8. The van der Waals surface area contributed by atoms with E-state index in [2.05, 4.69) is 20.4 Å². The molecule has 1 fully saturated rings. The van der Waals surface area contributed by atoms with Crippen molar-refractivity contribution in [2.75, 3.05) is 26.4 Å². The van der Waals surface area contributed by atoms with Gasteiger partial charge >= 0.3 is 0 Å². The van der Waals surface area contributed by atoms with Gasteiger partial charge in [0.25, 0.3) is 11.1 Å². The average molecular weight is 397 g/mol. The van der Waals surface area contributed by atoms with Crippen molar-refractivity contribution in [2.24, 2.45) is 11.8 Å². The van der Waals surface area contributed by atoms with E-state index in [9.17, 15) is 9.59 Å². The quantitative estimate of drug-likeness (QED) is 0.390. The van der Waals surface area contributed by atoms with E-state index in [0.717, 1.165) is 38.0 Å². The Kier molecular flexibility index (Phi) is 8.76. The van der Waals surface area contributed by atoms with E-state index in [0.29, 0.717) is 5.22 Å². The Hall–Kier alpha value is -1.41. The van der Waals surface area contributed by atoms with Crippen molar-refractivity contribution in [3.8, 4) is 0 Å². The number of thioether (sulfide) groups is 1. The van der Waals surface area contributed by atoms with Crippen molar-refractivity contribution >= 4 is 23.5 Å². The van der Waals surface area contributed by atoms with Gasteiger partial charge in [-0.2, -0.15) is 0 Å². The van der Waals surface area contributed by atoms with Gasteiger partial charge in [0.15, 0.2) is 0 Å². The van der Waals surface area contributed by atoms with Crippen molar-refractivity contribution in [2.45, 2.75) is 63.6 Å². The van der Waals surface area contributed by atoms with Crippen LogP contribution in [-0.4, -0.2) is 59.2 Å². The fourth-order valence-electron chi connectivity index (χ4n) is 3.16. The Morgan fingerprint density at radius 2 is 1.85 bits per heavy atom. The van der Waals surface area contributed by atoms with Crippen LogP contribution in [0.1, 0.15) is 63.1 Å². The molecule has 1 saturated carbocycles. The lowest BCUT2D eigenvalue weighted by Crippen LogP contribution is -2.46. The molecule has 0 spiro atoms. The number of aromatic nitrogens is 2. The van der Waals surface area contributed by atoms with Gasteiger partial charge in [0.05, 0.1) is 6.04 Å². The molecule has 0 bridgehead atoms. The number of nitrogens with one attached hydrogen (secondary N) is 1. The largest absolute Gasteiger partial charge is 0.408 e. The van der Waals surface area contributed by atoms with Crippen LogP contribution >= 0.6 is 11.8 Å². The minimum atomic E-state index is -0.638. The molecule has 0 unspecified atom stereocenters. The molecule has 0 aliphatic heterocycles. The van der Waals surface area contributed by atoms with Crippen LogP contribution in [0.2, 0.25) is 0 Å². The molecule has 7 nitrogen and oxygen atoms in total. The second-order valence-electron chi connectivity index (χ2n) is 7.81. The summed E-state index contributed by atoms with van der Waals surface area (Å²) in [6, 6.07) is -0.638. The van der Waals surface area contributed by atoms with Crippen LogP contribution in [-0.2, 0) is 4.79 Å². The lowest BCUT2D eigenvalue weighted by Gasteiger charge is -2.22. The molecule has 1 N–H and O–H groups in total. The number of nitrogens with zero attached hydrogens (tertiary/aromatic N) is 3. The molecule has 8 heteroatoms. The summed E-state index contributed by atoms with van der Waals surface area (Å²) in [7, 11) is 3.99. The summed E-state index contributed by atoms with van der Waals surface area (Å²) in [5, 5.41) is 11.2. The van der Waals surface area contributed by atoms with E-state index in [1.54, 1.807) is 0 Å². The van der Waals surface area contributed by atoms with Gasteiger partial charge in [0.2, 0.25) is 11.7 Å². The van der Waals surface area contributed by atoms with Crippen LogP contribution in [0.5, 0.6) is 0 Å². The fourth-order valence-corrected chi connectivity index (χ4v) is 4.03. The van der Waals surface area contributed by atoms with Gasteiger partial charge in [-0.05, 0) is 32.9 Å². The number of amides is 1. The van der Waals surface area contributed by atoms with Crippen LogP contribution in [0.25, 0.3) is 0 Å². The highest BCUT2D eigenvalue weighted by atomic mass is 32.2. The topological polar surface area (TPSA) is 88.3 Å². The molecule has 152 valence electrons. The van der Waals surface area contributed by atoms with E-state index in [1.165, 1.54) is 24.6 Å². The summed E-state index contributed by atoms with van der Waals surface area (Å²) in [6.45, 7) is 4.71. The number of rotatable bonds is 9. The molecule has 1 amide bonds. The highest BCUT2D eigenvalue weighted by molar-refractivity contribution is 7.99. The molecule has 1 heterocycles. The predicted octanol–water partition coefficient (Wildman–Crippen LogP) is 3.02. The number of carbonyl (C=O) groups excluding carboxylic acids is 2. The molecular formula is C19H32N4O3S. The maximum Gasteiger partial charge on any atom is 0.286 e. The van der Waals surface area contributed by atoms with Gasteiger partial charge < -0.3 is 14.6 Å². The van der Waals surface area contributed by atoms with E-state index < -0.39 is 6.04 Å². The van der Waals surface area contributed by atoms with Crippen molar-refractivity contribution in [1.82, 2.24) is 20.4 Å². The predicted molar refractivity (Wildman–Crippen MR) is 106 cm³/mol. The van der Waals surface area contributed by atoms with Crippen LogP contribution in [0.3, 0.4) is 0 Å². The van der Waals surface area contributed by atoms with E-state index in [4.69, 9.17) is 4.42 Å². The first-order valence-electron chi connectivity index (χ1n) is 9.84. The highest BCUT2D eigenvalue weighted by Gasteiger charge is 2.31. The van der Waals surface area contributed by atoms with Crippen LogP contribution in [0.4, 0.5) is 0 Å². The van der Waals surface area contributed by atoms with Gasteiger partial charge in [0.1, 0.15) is 0 Å². The SMILES string of the molecule is CC(C)[C@H](NC(=O)C1CCCCCC1)C(=O)c1nnc(SCCN(C)C)o1. The molecule has 1 aliphatic carbocycles. The van der Waals surface area contributed by atoms with Crippen molar-refractivity contribution < 1.29 is 14.0 Å². The summed E-state index contributed by atoms with van der Waals surface area (Å²) in [5.41, 5.74) is 0. The lowest BCUT2D eigenvalue weighted by molar-refractivity contribution is -0.126. The molecule has 0 saturated heterocycles. The van der Waals surface area contributed by atoms with Gasteiger partial charge in [-0.3, -0.25) is 9.59 Å². The monoisotopic (exact) mass is 396 g/mol. The van der Waals surface area contributed by atoms with Crippen molar-refractivity contribution in [1.29, 1.82) is 0 Å². The Labute approximate surface area is 166 Å². The zero-order chi connectivity index (χ0) is 19.8. The molecule has 1 aromatic heterocycles. The number of Topliss-reactive ketones (excluding diaryl/α,β-unsaturated/α-hetero) is 1. The summed E-state index contributed by atoms with van der Waals surface area (Å²) in [4.78, 5) is 27.6. The maximum atomic E-state index is 12.8. The lowest BCUT2D eigenvalue weighted by atomic mass is 9.95. The van der Waals surface area contributed by atoms with Gasteiger partial charge in [-0.15, -0.1) is 10.2 Å². The summed E-state index contributed by atoms with van der Waals surface area (Å²) in [5.74, 6) is 0.394. The number of ketones is 1. The first kappa shape index (κ1) is 21.9. The Bertz CT molecular complexity index is 610. The summed E-state index contributed by atoms with van der Waals surface area (Å²) < 4.78 is 5.53. The Morgan fingerprint density at radius 1 is 1.19 bits per heavy atom. The molecule has 1 atom stereocenters. The third kappa shape index (κ3) is 6.92. The van der Waals surface area contributed by atoms with Gasteiger partial charge in [0, 0.05) is 18.2 Å². The van der Waals surface area contributed by atoms with Gasteiger partial charge in [-0.25, -0.2) is 0 Å². The standard InChI is InChI=1S/C19H32N4O3S/c1-13(2)15(20-17(25)14-9-7-5-6-8-10-14)16(24)18-21-22-19(26-18)27-12-11-23(3)4/h13-15H,5-12H2,1-4H3,(H,20,25)/t15-/m0/s1. The zero-order valence-electron chi connectivity index (χ0n) is 16.9. The molecule has 1 aliphatic rings. The second-order valence-corrected chi connectivity index (χ2v) is 8.85. The number of carbonyl (C=O) groups is 2. The first-order chi connectivity index (χ1) is 12.9. The first-order valence-corrected chi connectivity index (χ1v) is 10.8. The van der Waals surface area contributed by atoms with Crippen molar-refractivity contribution in [3.63, 3.8) is 0 Å². The third-order valence-corrected chi connectivity index (χ3v) is 5.65. The summed E-state index contributed by atoms with van der Waals surface area (Å²) >= 11 is 1.42. The molecule has 0 aromatic carbocycles. The average Bonchev–Trinajstić information content (AvgIpc) is 2.91. The molecule has 2 rings (SSSR count). The normalized spacial score (nSPS) is 17.1. The van der Waals surface area contributed by atoms with Crippen LogP contribution in [0, 0.1) is 11.8 Å². The smallest absolute Gasteiger partial charge is 0.286 e. The van der Waals surface area contributed by atoms with Gasteiger partial charge in [-0.1, -0.05) is 51.3 Å². The molecule has 1 aromatic rings. The highest BCUT2D eigenvalue weighted by Crippen LogP contribution is 2.24. The van der Waals surface area contributed by atoms with E-state index in [1.807, 2.05) is 27.9 Å². The Balaban J connectivity index is 1.97. The number of hydrogen-bond donors (Lipinski definition) is 1. The van der Waals surface area contributed by atoms with E-state index in [-0.39, 0.29) is 29.4 Å². The minimum absolute atomic E-state index is 0.00128. The Morgan fingerprint density at radius 3 is 2.44 bits per heavy atom. The zero-order valence-corrected chi connectivity index (χ0v) is 17.7. The fraction of sp³-hybridized carbons (Fsp3) is 0.789. The van der Waals surface area contributed by atoms with Crippen LogP contribution in [0.15, 0.2) is 9.64 Å². The summed E-state index contributed by atoms with van der Waals surface area (Å²) in [6.07, 6.45) is 6.33. The van der Waals surface area contributed by atoms with Crippen LogP contribution < -0.4 is 5.32 Å². The molecule has 27 heavy (non-hydrogen) atoms. The minimum Gasteiger partial charge on any atom is -0.408 e. The van der Waals surface area contributed by atoms with Crippen molar-refractivity contribution in [3.05, 3.63) is 5.89 Å².